The third-order valence-corrected chi connectivity index (χ3v) is 5.05. The molecule has 1 aliphatic rings. The molecule has 4 rings (SSSR count). The average Bonchev–Trinajstić information content (AvgIpc) is 2.92. The lowest BCUT2D eigenvalue weighted by molar-refractivity contribution is 0.0754. The van der Waals surface area contributed by atoms with Gasteiger partial charge in [-0.15, -0.1) is 0 Å². The molecule has 1 saturated heterocycles. The van der Waals surface area contributed by atoms with Crippen LogP contribution in [0.4, 0.5) is 4.39 Å². The molecule has 4 heteroatoms. The first-order valence-electron chi connectivity index (χ1n) is 8.82. The fourth-order valence-corrected chi connectivity index (χ4v) is 3.69. The standard InChI is InChI=1S/C21H21FN2O/c22-19-9-7-16(8-10-19)17-5-1-3-12-24(14-17)21(25)18-13-20-6-2-4-11-23(20)15-18/h2,4,6-11,13,15,17H,1,3,5,12,14H2. The van der Waals surface area contributed by atoms with Crippen molar-refractivity contribution in [1.82, 2.24) is 9.30 Å². The predicted octanol–water partition coefficient (Wildman–Crippen LogP) is 4.49. The first-order valence-corrected chi connectivity index (χ1v) is 8.82. The molecule has 1 aliphatic heterocycles. The second-order valence-electron chi connectivity index (χ2n) is 6.76. The molecule has 3 aromatic rings. The molecule has 3 heterocycles. The van der Waals surface area contributed by atoms with Crippen molar-refractivity contribution in [2.45, 2.75) is 25.2 Å². The van der Waals surface area contributed by atoms with Gasteiger partial charge in [0.1, 0.15) is 5.82 Å². The van der Waals surface area contributed by atoms with Crippen molar-refractivity contribution >= 4 is 11.4 Å². The van der Waals surface area contributed by atoms with Crippen molar-refractivity contribution in [3.8, 4) is 0 Å². The Morgan fingerprint density at radius 1 is 1.08 bits per heavy atom. The van der Waals surface area contributed by atoms with E-state index in [9.17, 15) is 9.18 Å². The van der Waals surface area contributed by atoms with E-state index in [0.29, 0.717) is 6.54 Å². The Balaban J connectivity index is 1.57. The Hall–Kier alpha value is -2.62. The van der Waals surface area contributed by atoms with E-state index in [1.807, 2.05) is 58.1 Å². The van der Waals surface area contributed by atoms with Gasteiger partial charge < -0.3 is 9.30 Å². The molecule has 0 bridgehead atoms. The summed E-state index contributed by atoms with van der Waals surface area (Å²) in [5, 5.41) is 0. The number of carbonyl (C=O) groups is 1. The number of nitrogens with zero attached hydrogens (tertiary/aromatic N) is 2. The number of rotatable bonds is 2. The highest BCUT2D eigenvalue weighted by atomic mass is 19.1. The number of halogens is 1. The molecule has 1 unspecified atom stereocenters. The van der Waals surface area contributed by atoms with E-state index < -0.39 is 0 Å². The fourth-order valence-electron chi connectivity index (χ4n) is 3.69. The molecule has 128 valence electrons. The van der Waals surface area contributed by atoms with Crippen molar-refractivity contribution < 1.29 is 9.18 Å². The normalized spacial score (nSPS) is 18.3. The molecule has 3 nitrogen and oxygen atoms in total. The van der Waals surface area contributed by atoms with Gasteiger partial charge in [-0.25, -0.2) is 4.39 Å². The zero-order chi connectivity index (χ0) is 17.2. The van der Waals surface area contributed by atoms with Crippen LogP contribution in [0, 0.1) is 5.82 Å². The number of likely N-dealkylation sites (tertiary alicyclic amines) is 1. The van der Waals surface area contributed by atoms with Crippen LogP contribution in [0.25, 0.3) is 5.52 Å². The summed E-state index contributed by atoms with van der Waals surface area (Å²) in [7, 11) is 0. The highest BCUT2D eigenvalue weighted by molar-refractivity contribution is 5.95. The maximum atomic E-state index is 13.2. The number of hydrogen-bond acceptors (Lipinski definition) is 1. The van der Waals surface area contributed by atoms with E-state index in [-0.39, 0.29) is 17.6 Å². The number of amides is 1. The van der Waals surface area contributed by atoms with Crippen LogP contribution in [0.1, 0.15) is 41.1 Å². The van der Waals surface area contributed by atoms with Gasteiger partial charge in [0.2, 0.25) is 0 Å². The number of aromatic nitrogens is 1. The van der Waals surface area contributed by atoms with Crippen LogP contribution >= 0.6 is 0 Å². The van der Waals surface area contributed by atoms with E-state index in [1.165, 1.54) is 12.1 Å². The highest BCUT2D eigenvalue weighted by Crippen LogP contribution is 2.27. The van der Waals surface area contributed by atoms with Gasteiger partial charge >= 0.3 is 0 Å². The monoisotopic (exact) mass is 336 g/mol. The Bertz CT molecular complexity index is 851. The van der Waals surface area contributed by atoms with Crippen LogP contribution in [-0.2, 0) is 0 Å². The summed E-state index contributed by atoms with van der Waals surface area (Å²) in [4.78, 5) is 15.0. The maximum absolute atomic E-state index is 13.2. The van der Waals surface area contributed by atoms with Gasteiger partial charge in [0, 0.05) is 36.9 Å². The summed E-state index contributed by atoms with van der Waals surface area (Å²) in [6, 6.07) is 14.6. The number of carbonyl (C=O) groups excluding carboxylic acids is 1. The number of hydrogen-bond donors (Lipinski definition) is 0. The summed E-state index contributed by atoms with van der Waals surface area (Å²) in [5.74, 6) is 0.132. The molecule has 2 aromatic heterocycles. The lowest BCUT2D eigenvalue weighted by Crippen LogP contribution is -2.33. The summed E-state index contributed by atoms with van der Waals surface area (Å²) >= 11 is 0. The molecule has 0 saturated carbocycles. The van der Waals surface area contributed by atoms with Crippen molar-refractivity contribution in [2.75, 3.05) is 13.1 Å². The molecule has 0 spiro atoms. The second-order valence-corrected chi connectivity index (χ2v) is 6.76. The smallest absolute Gasteiger partial charge is 0.255 e. The first kappa shape index (κ1) is 15.9. The Morgan fingerprint density at radius 2 is 1.92 bits per heavy atom. The lowest BCUT2D eigenvalue weighted by Gasteiger charge is -2.24. The SMILES string of the molecule is O=C(c1cc2ccccn2c1)N1CCCCC(c2ccc(F)cc2)C1. The van der Waals surface area contributed by atoms with Crippen molar-refractivity contribution in [3.05, 3.63) is 77.9 Å². The van der Waals surface area contributed by atoms with Crippen LogP contribution in [-0.4, -0.2) is 28.3 Å². The minimum Gasteiger partial charge on any atom is -0.338 e. The second kappa shape index (κ2) is 6.71. The summed E-state index contributed by atoms with van der Waals surface area (Å²) in [6.45, 7) is 1.47. The van der Waals surface area contributed by atoms with Gasteiger partial charge in [-0.1, -0.05) is 24.6 Å². The van der Waals surface area contributed by atoms with Crippen molar-refractivity contribution in [2.24, 2.45) is 0 Å². The Morgan fingerprint density at radius 3 is 2.72 bits per heavy atom. The molecule has 25 heavy (non-hydrogen) atoms. The summed E-state index contributed by atoms with van der Waals surface area (Å²) < 4.78 is 15.2. The third kappa shape index (κ3) is 3.29. The minimum atomic E-state index is -0.217. The fraction of sp³-hybridized carbons (Fsp3) is 0.286. The molecule has 1 amide bonds. The molecule has 1 fully saturated rings. The molecular weight excluding hydrogens is 315 g/mol. The Labute approximate surface area is 146 Å². The molecule has 0 N–H and O–H groups in total. The van der Waals surface area contributed by atoms with Gasteiger partial charge in [-0.3, -0.25) is 4.79 Å². The van der Waals surface area contributed by atoms with Crippen LogP contribution in [0.5, 0.6) is 0 Å². The van der Waals surface area contributed by atoms with E-state index in [1.54, 1.807) is 0 Å². The third-order valence-electron chi connectivity index (χ3n) is 5.05. The largest absolute Gasteiger partial charge is 0.338 e. The van der Waals surface area contributed by atoms with Gasteiger partial charge in [0.25, 0.3) is 5.91 Å². The molecule has 0 radical (unpaired) electrons. The topological polar surface area (TPSA) is 24.7 Å². The first-order chi connectivity index (χ1) is 12.2. The zero-order valence-corrected chi connectivity index (χ0v) is 14.1. The maximum Gasteiger partial charge on any atom is 0.255 e. The summed E-state index contributed by atoms with van der Waals surface area (Å²) in [6.07, 6.45) is 6.98. The molecule has 0 aliphatic carbocycles. The van der Waals surface area contributed by atoms with E-state index in [0.717, 1.165) is 42.5 Å². The molecule has 1 aromatic carbocycles. The van der Waals surface area contributed by atoms with Gasteiger partial charge in [-0.05, 0) is 48.7 Å². The van der Waals surface area contributed by atoms with Crippen LogP contribution in [0.2, 0.25) is 0 Å². The van der Waals surface area contributed by atoms with Crippen molar-refractivity contribution in [1.29, 1.82) is 0 Å². The molecule has 1 atom stereocenters. The van der Waals surface area contributed by atoms with Crippen molar-refractivity contribution in [3.63, 3.8) is 0 Å². The van der Waals surface area contributed by atoms with E-state index in [2.05, 4.69) is 0 Å². The van der Waals surface area contributed by atoms with Gasteiger partial charge in [0.05, 0.1) is 5.56 Å². The zero-order valence-electron chi connectivity index (χ0n) is 14.1. The van der Waals surface area contributed by atoms with Crippen LogP contribution in [0.15, 0.2) is 60.9 Å². The number of fused-ring (bicyclic) bond motifs is 1. The van der Waals surface area contributed by atoms with E-state index in [4.69, 9.17) is 0 Å². The van der Waals surface area contributed by atoms with E-state index >= 15 is 0 Å². The molecular formula is C21H21FN2O. The van der Waals surface area contributed by atoms with Gasteiger partial charge in [-0.2, -0.15) is 0 Å². The van der Waals surface area contributed by atoms with Crippen LogP contribution < -0.4 is 0 Å². The quantitative estimate of drug-likeness (QED) is 0.677. The minimum absolute atomic E-state index is 0.0812. The highest BCUT2D eigenvalue weighted by Gasteiger charge is 2.24. The Kier molecular flexibility index (Phi) is 4.26. The average molecular weight is 336 g/mol. The summed E-state index contributed by atoms with van der Waals surface area (Å²) in [5.41, 5.74) is 2.87. The number of benzene rings is 1. The van der Waals surface area contributed by atoms with Gasteiger partial charge in [0.15, 0.2) is 0 Å². The number of pyridine rings is 1. The lowest BCUT2D eigenvalue weighted by atomic mass is 9.94. The predicted molar refractivity (Wildman–Crippen MR) is 96.3 cm³/mol. The van der Waals surface area contributed by atoms with Crippen LogP contribution in [0.3, 0.4) is 0 Å².